The van der Waals surface area contributed by atoms with Crippen molar-refractivity contribution in [1.82, 2.24) is 10.9 Å². The lowest BCUT2D eigenvalue weighted by Gasteiger charge is -2.72. The predicted octanol–water partition coefficient (Wildman–Crippen LogP) is 7.47. The summed E-state index contributed by atoms with van der Waals surface area (Å²) in [6, 6.07) is 10.9. The van der Waals surface area contributed by atoms with Crippen LogP contribution in [0.4, 0.5) is 0 Å². The lowest BCUT2D eigenvalue weighted by Crippen LogP contribution is -2.81. The smallest absolute Gasteiger partial charge is 0.331 e. The van der Waals surface area contributed by atoms with Crippen molar-refractivity contribution < 1.29 is 29.3 Å². The number of hydrogen-bond donors (Lipinski definition) is 4. The van der Waals surface area contributed by atoms with Crippen molar-refractivity contribution in [3.63, 3.8) is 0 Å². The SMILES string of the molecule is C[C@H](CCCc1ccccc1)CCC[C@@]12[C@@H](O)CC[C@@]3(C)[C@H]4CC5(CCCC5)C[C@H]4NN[C@@]4(C[C@](C)(C#CCCC(=O)O4)[C@]1(O)CCC1=CC(=O)OC1)[C@@H]32. The van der Waals surface area contributed by atoms with Gasteiger partial charge in [-0.1, -0.05) is 82.2 Å². The molecule has 4 N–H and O–H groups in total. The maximum absolute atomic E-state index is 14.1. The third-order valence-electron chi connectivity index (χ3n) is 16.2. The van der Waals surface area contributed by atoms with E-state index < -0.39 is 28.3 Å². The Bertz CT molecular complexity index is 1680. The highest BCUT2D eigenvalue weighted by Crippen LogP contribution is 2.75. The number of aliphatic hydroxyl groups excluding tert-OH is 1. The van der Waals surface area contributed by atoms with Gasteiger partial charge in [-0.05, 0) is 111 Å². The number of benzene rings is 1. The molecule has 7 aliphatic rings. The highest BCUT2D eigenvalue weighted by atomic mass is 16.6. The first-order valence-electron chi connectivity index (χ1n) is 21.4. The largest absolute Gasteiger partial charge is 0.458 e. The van der Waals surface area contributed by atoms with Gasteiger partial charge in [-0.2, -0.15) is 0 Å². The lowest BCUT2D eigenvalue weighted by atomic mass is 9.34. The topological polar surface area (TPSA) is 117 Å². The van der Waals surface area contributed by atoms with Crippen LogP contribution in [0.3, 0.4) is 0 Å². The first-order valence-corrected chi connectivity index (χ1v) is 21.4. The molecule has 294 valence electrons. The van der Waals surface area contributed by atoms with E-state index in [9.17, 15) is 19.8 Å². The number of carbonyl (C=O) groups is 2. The fourth-order valence-electron chi connectivity index (χ4n) is 13.8. The number of cyclic esters (lactones) is 1. The standard InChI is InChI=1S/C46H64N2O6/c1-32(13-11-17-33-15-5-4-6-16-33)14-12-24-44-37(49)20-25-42(3)35-28-43(22-9-10-23-43)29-36(35)47-48-45(40(42)44)31-41(2,21-8-7-18-38(50)54-45)46(44,52)26-19-34-27-39(51)53-30-34/h4-6,15-16,27,32,35-37,40,47-49,52H,7,9-14,17-20,22-26,28-31H2,1-3H3/t32-,35+,36-,37+,40+,41+,42+,44+,45-,46-/m1/s1. The molecule has 3 aliphatic heterocycles. The number of ether oxygens (including phenoxy) is 2. The highest BCUT2D eigenvalue weighted by molar-refractivity contribution is 5.85. The van der Waals surface area contributed by atoms with Crippen LogP contribution in [-0.4, -0.2) is 52.2 Å². The average molecular weight is 741 g/mol. The molecule has 5 fully saturated rings. The Labute approximate surface area is 323 Å². The van der Waals surface area contributed by atoms with Gasteiger partial charge < -0.3 is 19.7 Å². The van der Waals surface area contributed by atoms with Gasteiger partial charge in [0.15, 0.2) is 5.72 Å². The second-order valence-electron chi connectivity index (χ2n) is 19.5. The molecular formula is C46H64N2O6. The van der Waals surface area contributed by atoms with Gasteiger partial charge in [-0.3, -0.25) is 10.2 Å². The molecule has 4 aliphatic carbocycles. The molecular weight excluding hydrogens is 677 g/mol. The van der Waals surface area contributed by atoms with Crippen molar-refractivity contribution in [2.45, 2.75) is 166 Å². The number of aliphatic hydroxyl groups is 2. The molecule has 0 aromatic heterocycles. The molecule has 2 spiro atoms. The molecule has 8 nitrogen and oxygen atoms in total. The summed E-state index contributed by atoms with van der Waals surface area (Å²) in [5.41, 5.74) is 5.13. The lowest BCUT2D eigenvalue weighted by molar-refractivity contribution is -0.342. The Kier molecular flexibility index (Phi) is 10.1. The van der Waals surface area contributed by atoms with Gasteiger partial charge in [0.25, 0.3) is 0 Å². The Morgan fingerprint density at radius 3 is 2.54 bits per heavy atom. The number of hydrazine groups is 1. The fraction of sp³-hybridized carbons (Fsp3) is 0.739. The Morgan fingerprint density at radius 2 is 1.78 bits per heavy atom. The molecule has 0 unspecified atom stereocenters. The molecule has 1 saturated heterocycles. The predicted molar refractivity (Wildman–Crippen MR) is 207 cm³/mol. The summed E-state index contributed by atoms with van der Waals surface area (Å²) in [4.78, 5) is 26.1. The number of esters is 2. The van der Waals surface area contributed by atoms with Crippen LogP contribution >= 0.6 is 0 Å². The van der Waals surface area contributed by atoms with E-state index in [2.05, 4.69) is 73.8 Å². The third-order valence-corrected chi connectivity index (χ3v) is 16.2. The number of fused-ring (bicyclic) bond motifs is 3. The minimum Gasteiger partial charge on any atom is -0.458 e. The maximum Gasteiger partial charge on any atom is 0.331 e. The van der Waals surface area contributed by atoms with Crippen LogP contribution in [0.25, 0.3) is 0 Å². The molecule has 0 amide bonds. The summed E-state index contributed by atoms with van der Waals surface area (Å²) in [7, 11) is 0. The molecule has 1 aromatic carbocycles. The highest BCUT2D eigenvalue weighted by Gasteiger charge is 2.80. The fourth-order valence-corrected chi connectivity index (χ4v) is 13.8. The number of rotatable bonds is 11. The van der Waals surface area contributed by atoms with Gasteiger partial charge in [0, 0.05) is 36.3 Å². The molecule has 4 saturated carbocycles. The summed E-state index contributed by atoms with van der Waals surface area (Å²) in [5.74, 6) is 6.69. The van der Waals surface area contributed by atoms with Crippen molar-refractivity contribution in [2.24, 2.45) is 39.4 Å². The first-order chi connectivity index (χ1) is 25.9. The molecule has 2 bridgehead atoms. The van der Waals surface area contributed by atoms with E-state index in [0.29, 0.717) is 55.8 Å². The molecule has 8 rings (SSSR count). The maximum atomic E-state index is 14.1. The summed E-state index contributed by atoms with van der Waals surface area (Å²) in [6.45, 7) is 7.04. The van der Waals surface area contributed by atoms with E-state index in [0.717, 1.165) is 56.9 Å². The number of aryl methyl sites for hydroxylation is 1. The molecule has 8 heteroatoms. The second kappa shape index (κ2) is 14.4. The molecule has 1 aromatic rings. The molecule has 10 atom stereocenters. The van der Waals surface area contributed by atoms with Crippen molar-refractivity contribution >= 4 is 11.9 Å². The Hall–Kier alpha value is -2.70. The number of carbonyl (C=O) groups excluding carboxylic acids is 2. The van der Waals surface area contributed by atoms with Gasteiger partial charge in [-0.15, -0.1) is 5.92 Å². The van der Waals surface area contributed by atoms with Gasteiger partial charge >= 0.3 is 11.9 Å². The zero-order valence-electron chi connectivity index (χ0n) is 33.0. The van der Waals surface area contributed by atoms with Crippen LogP contribution in [0.15, 0.2) is 42.0 Å². The van der Waals surface area contributed by atoms with Crippen LogP contribution in [0, 0.1) is 51.3 Å². The van der Waals surface area contributed by atoms with Crippen molar-refractivity contribution in [2.75, 3.05) is 6.61 Å². The molecule has 54 heavy (non-hydrogen) atoms. The summed E-state index contributed by atoms with van der Waals surface area (Å²) in [5, 5.41) is 27.0. The summed E-state index contributed by atoms with van der Waals surface area (Å²) < 4.78 is 12.2. The molecule has 0 radical (unpaired) electrons. The summed E-state index contributed by atoms with van der Waals surface area (Å²) in [6.07, 6.45) is 16.8. The molecule has 3 heterocycles. The van der Waals surface area contributed by atoms with Crippen molar-refractivity contribution in [1.29, 1.82) is 0 Å². The zero-order chi connectivity index (χ0) is 37.8. The van der Waals surface area contributed by atoms with Gasteiger partial charge in [-0.25, -0.2) is 10.2 Å². The van der Waals surface area contributed by atoms with E-state index >= 15 is 0 Å². The van der Waals surface area contributed by atoms with E-state index in [-0.39, 0.29) is 42.3 Å². The number of nitrogens with one attached hydrogen (secondary N) is 2. The van der Waals surface area contributed by atoms with Crippen LogP contribution < -0.4 is 10.9 Å². The van der Waals surface area contributed by atoms with Crippen LogP contribution in [-0.2, 0) is 25.5 Å². The van der Waals surface area contributed by atoms with E-state index in [4.69, 9.17) is 9.47 Å². The number of hydrogen-bond acceptors (Lipinski definition) is 8. The van der Waals surface area contributed by atoms with Crippen LogP contribution in [0.1, 0.15) is 142 Å². The zero-order valence-corrected chi connectivity index (χ0v) is 33.0. The quantitative estimate of drug-likeness (QED) is 0.137. The minimum atomic E-state index is -1.45. The normalized spacial score (nSPS) is 41.2. The minimum absolute atomic E-state index is 0.187. The third kappa shape index (κ3) is 6.28. The van der Waals surface area contributed by atoms with Crippen molar-refractivity contribution in [3.8, 4) is 11.8 Å². The van der Waals surface area contributed by atoms with Gasteiger partial charge in [0.05, 0.1) is 23.5 Å². The monoisotopic (exact) mass is 740 g/mol. The van der Waals surface area contributed by atoms with E-state index in [1.165, 1.54) is 31.2 Å². The van der Waals surface area contributed by atoms with E-state index in [1.807, 2.05) is 0 Å². The van der Waals surface area contributed by atoms with Crippen LogP contribution in [0.5, 0.6) is 0 Å². The average Bonchev–Trinajstić information content (AvgIpc) is 3.88. The van der Waals surface area contributed by atoms with Gasteiger partial charge in [0.2, 0.25) is 0 Å². The van der Waals surface area contributed by atoms with Gasteiger partial charge in [0.1, 0.15) is 6.61 Å². The van der Waals surface area contributed by atoms with Crippen LogP contribution in [0.2, 0.25) is 0 Å². The first kappa shape index (κ1) is 38.2. The van der Waals surface area contributed by atoms with E-state index in [1.54, 1.807) is 6.08 Å². The second-order valence-corrected chi connectivity index (χ2v) is 19.5. The Balaban J connectivity index is 1.21. The Morgan fingerprint density at radius 1 is 1.00 bits per heavy atom. The van der Waals surface area contributed by atoms with Crippen molar-refractivity contribution in [3.05, 3.63) is 47.5 Å². The summed E-state index contributed by atoms with van der Waals surface area (Å²) >= 11 is 0.